The van der Waals surface area contributed by atoms with E-state index in [9.17, 15) is 9.18 Å². The van der Waals surface area contributed by atoms with Gasteiger partial charge >= 0.3 is 5.97 Å². The van der Waals surface area contributed by atoms with Crippen molar-refractivity contribution in [2.45, 2.75) is 12.0 Å². The third-order valence-electron chi connectivity index (χ3n) is 3.54. The van der Waals surface area contributed by atoms with E-state index >= 15 is 0 Å². The molecular formula is C18H14FNO2. The van der Waals surface area contributed by atoms with Crippen LogP contribution < -0.4 is 0 Å². The molecule has 110 valence electrons. The summed E-state index contributed by atoms with van der Waals surface area (Å²) < 4.78 is 18.8. The smallest absolute Gasteiger partial charge is 0.346 e. The summed E-state index contributed by atoms with van der Waals surface area (Å²) in [5.74, 6) is -0.995. The first kappa shape index (κ1) is 14.2. The fourth-order valence-electron chi connectivity index (χ4n) is 2.51. The zero-order valence-corrected chi connectivity index (χ0v) is 11.8. The van der Waals surface area contributed by atoms with Gasteiger partial charge in [0.2, 0.25) is 5.90 Å². The Morgan fingerprint density at radius 1 is 1.09 bits per heavy atom. The van der Waals surface area contributed by atoms with Gasteiger partial charge < -0.3 is 4.74 Å². The number of hydrogen-bond acceptors (Lipinski definition) is 3. The molecule has 0 saturated heterocycles. The van der Waals surface area contributed by atoms with E-state index in [0.717, 1.165) is 0 Å². The lowest BCUT2D eigenvalue weighted by molar-refractivity contribution is -0.139. The molecule has 2 aromatic carbocycles. The molecule has 0 spiro atoms. The Morgan fingerprint density at radius 3 is 2.27 bits per heavy atom. The van der Waals surface area contributed by atoms with Gasteiger partial charge in [0.15, 0.2) is 5.54 Å². The minimum atomic E-state index is -1.40. The van der Waals surface area contributed by atoms with Gasteiger partial charge in [0.1, 0.15) is 0 Å². The number of cyclic esters (lactones) is 1. The van der Waals surface area contributed by atoms with E-state index in [1.165, 1.54) is 0 Å². The molecule has 0 amide bonds. The molecule has 0 N–H and O–H groups in total. The molecular weight excluding hydrogens is 281 g/mol. The minimum absolute atomic E-state index is 0.204. The number of ether oxygens (including phenoxy) is 1. The fraction of sp³-hybridized carbons (Fsp3) is 0.111. The predicted molar refractivity (Wildman–Crippen MR) is 82.1 cm³/mol. The van der Waals surface area contributed by atoms with Crippen LogP contribution in [0.5, 0.6) is 0 Å². The van der Waals surface area contributed by atoms with Crippen molar-refractivity contribution >= 4 is 11.9 Å². The van der Waals surface area contributed by atoms with Crippen molar-refractivity contribution < 1.29 is 13.9 Å². The zero-order chi connectivity index (χ0) is 15.6. The molecule has 0 bridgehead atoms. The topological polar surface area (TPSA) is 38.7 Å². The molecule has 1 heterocycles. The Morgan fingerprint density at radius 2 is 1.68 bits per heavy atom. The van der Waals surface area contributed by atoms with Gasteiger partial charge in [-0.05, 0) is 17.7 Å². The van der Waals surface area contributed by atoms with Gasteiger partial charge in [0.25, 0.3) is 0 Å². The van der Waals surface area contributed by atoms with E-state index in [2.05, 4.69) is 11.6 Å². The van der Waals surface area contributed by atoms with Gasteiger partial charge in [-0.15, -0.1) is 0 Å². The van der Waals surface area contributed by atoms with E-state index in [0.29, 0.717) is 11.1 Å². The molecule has 0 radical (unpaired) electrons. The summed E-state index contributed by atoms with van der Waals surface area (Å²) in [5, 5.41) is 0. The number of benzene rings is 2. The van der Waals surface area contributed by atoms with Gasteiger partial charge in [-0.25, -0.2) is 14.2 Å². The molecule has 4 heteroatoms. The molecule has 0 aromatic heterocycles. The first-order chi connectivity index (χ1) is 10.6. The molecule has 1 atom stereocenters. The van der Waals surface area contributed by atoms with Crippen LogP contribution in [0.25, 0.3) is 0 Å². The maximum atomic E-state index is 13.5. The maximum Gasteiger partial charge on any atom is 0.346 e. The SMILES string of the molecule is C=C(F)CC1(c2ccccc2)N=C(c2ccccc2)OC1=O. The molecule has 1 aliphatic heterocycles. The Bertz CT molecular complexity index is 740. The third kappa shape index (κ3) is 2.44. The summed E-state index contributed by atoms with van der Waals surface area (Å²) in [6.45, 7) is 3.28. The Balaban J connectivity index is 2.12. The quantitative estimate of drug-likeness (QED) is 0.806. The summed E-state index contributed by atoms with van der Waals surface area (Å²) in [6.07, 6.45) is -0.230. The van der Waals surface area contributed by atoms with Crippen molar-refractivity contribution in [2.24, 2.45) is 4.99 Å². The van der Waals surface area contributed by atoms with E-state index in [1.54, 1.807) is 36.4 Å². The predicted octanol–water partition coefficient (Wildman–Crippen LogP) is 3.76. The van der Waals surface area contributed by atoms with Crippen LogP contribution >= 0.6 is 0 Å². The van der Waals surface area contributed by atoms with Crippen LogP contribution in [0.1, 0.15) is 17.5 Å². The van der Waals surface area contributed by atoms with Crippen molar-refractivity contribution in [3.63, 3.8) is 0 Å². The number of aliphatic imine (C=N–C) groups is 1. The second kappa shape index (κ2) is 5.56. The monoisotopic (exact) mass is 295 g/mol. The Labute approximate surface area is 127 Å². The van der Waals surface area contributed by atoms with Crippen molar-refractivity contribution in [1.29, 1.82) is 0 Å². The van der Waals surface area contributed by atoms with E-state index in [4.69, 9.17) is 4.74 Å². The van der Waals surface area contributed by atoms with Crippen LogP contribution in [0, 0.1) is 0 Å². The number of hydrogen-bond donors (Lipinski definition) is 0. The first-order valence-corrected chi connectivity index (χ1v) is 6.88. The summed E-state index contributed by atoms with van der Waals surface area (Å²) in [5.41, 5.74) is -0.138. The molecule has 0 fully saturated rings. The molecule has 22 heavy (non-hydrogen) atoms. The normalized spacial score (nSPS) is 20.4. The lowest BCUT2D eigenvalue weighted by atomic mass is 9.87. The van der Waals surface area contributed by atoms with Gasteiger partial charge in [-0.3, -0.25) is 0 Å². The van der Waals surface area contributed by atoms with E-state index in [1.807, 2.05) is 24.3 Å². The van der Waals surface area contributed by atoms with Gasteiger partial charge in [0.05, 0.1) is 5.83 Å². The number of carbonyl (C=O) groups excluding carboxylic acids is 1. The fourth-order valence-corrected chi connectivity index (χ4v) is 2.51. The molecule has 1 unspecified atom stereocenters. The highest BCUT2D eigenvalue weighted by Crippen LogP contribution is 2.38. The number of carbonyl (C=O) groups is 1. The van der Waals surface area contributed by atoms with Gasteiger partial charge in [-0.1, -0.05) is 55.1 Å². The molecule has 3 rings (SSSR count). The summed E-state index contributed by atoms with van der Waals surface area (Å²) in [7, 11) is 0. The Kier molecular flexibility index (Phi) is 3.59. The van der Waals surface area contributed by atoms with Crippen molar-refractivity contribution in [3.8, 4) is 0 Å². The molecule has 0 aliphatic carbocycles. The van der Waals surface area contributed by atoms with Gasteiger partial charge in [-0.2, -0.15) is 0 Å². The lowest BCUT2D eigenvalue weighted by Crippen LogP contribution is -2.31. The van der Waals surface area contributed by atoms with Crippen LogP contribution in [0.3, 0.4) is 0 Å². The Hall–Kier alpha value is -2.75. The standard InChI is InChI=1S/C18H14FNO2/c1-13(19)12-18(15-10-6-3-7-11-15)17(21)22-16(20-18)14-8-4-2-5-9-14/h2-11H,1,12H2. The zero-order valence-electron chi connectivity index (χ0n) is 11.8. The van der Waals surface area contributed by atoms with Crippen molar-refractivity contribution in [3.05, 3.63) is 84.2 Å². The molecule has 3 nitrogen and oxygen atoms in total. The maximum absolute atomic E-state index is 13.5. The van der Waals surface area contributed by atoms with Crippen LogP contribution in [-0.2, 0) is 15.1 Å². The molecule has 2 aromatic rings. The first-order valence-electron chi connectivity index (χ1n) is 6.88. The van der Waals surface area contributed by atoms with Crippen LogP contribution in [0.4, 0.5) is 4.39 Å². The minimum Gasteiger partial charge on any atom is -0.405 e. The van der Waals surface area contributed by atoms with E-state index < -0.39 is 17.3 Å². The molecule has 1 aliphatic rings. The second-order valence-electron chi connectivity index (χ2n) is 5.09. The lowest BCUT2D eigenvalue weighted by Gasteiger charge is -2.21. The largest absolute Gasteiger partial charge is 0.405 e. The number of nitrogens with zero attached hydrogens (tertiary/aromatic N) is 1. The van der Waals surface area contributed by atoms with Gasteiger partial charge in [0, 0.05) is 12.0 Å². The number of halogens is 1. The van der Waals surface area contributed by atoms with Crippen molar-refractivity contribution in [1.82, 2.24) is 0 Å². The highest BCUT2D eigenvalue weighted by molar-refractivity contribution is 6.08. The summed E-state index contributed by atoms with van der Waals surface area (Å²) in [6, 6.07) is 17.9. The summed E-state index contributed by atoms with van der Waals surface area (Å²) in [4.78, 5) is 16.9. The average Bonchev–Trinajstić information content (AvgIpc) is 2.86. The number of esters is 1. The number of rotatable bonds is 4. The average molecular weight is 295 g/mol. The van der Waals surface area contributed by atoms with Crippen LogP contribution in [0.15, 0.2) is 78.1 Å². The third-order valence-corrected chi connectivity index (χ3v) is 3.54. The second-order valence-corrected chi connectivity index (χ2v) is 5.09. The highest BCUT2D eigenvalue weighted by Gasteiger charge is 2.48. The van der Waals surface area contributed by atoms with Crippen molar-refractivity contribution in [2.75, 3.05) is 0 Å². The molecule has 0 saturated carbocycles. The summed E-state index contributed by atoms with van der Waals surface area (Å²) >= 11 is 0. The highest BCUT2D eigenvalue weighted by atomic mass is 19.1. The van der Waals surface area contributed by atoms with Crippen LogP contribution in [0.2, 0.25) is 0 Å². The van der Waals surface area contributed by atoms with Crippen LogP contribution in [-0.4, -0.2) is 11.9 Å². The van der Waals surface area contributed by atoms with E-state index in [-0.39, 0.29) is 12.3 Å².